The molecule has 0 bridgehead atoms. The Kier molecular flexibility index (Phi) is 5.12. The minimum absolute atomic E-state index is 0.219. The molecule has 0 amide bonds. The van der Waals surface area contributed by atoms with Crippen LogP contribution in [0.5, 0.6) is 5.75 Å². The molecule has 7 nitrogen and oxygen atoms in total. The van der Waals surface area contributed by atoms with Crippen molar-refractivity contribution in [2.75, 3.05) is 7.11 Å². The molecule has 0 spiro atoms. The van der Waals surface area contributed by atoms with E-state index in [4.69, 9.17) is 4.74 Å². The van der Waals surface area contributed by atoms with E-state index in [0.29, 0.717) is 0 Å². The highest BCUT2D eigenvalue weighted by Crippen LogP contribution is 2.33. The lowest BCUT2D eigenvalue weighted by molar-refractivity contribution is 0.415. The molecule has 8 heteroatoms. The molecule has 142 valence electrons. The van der Waals surface area contributed by atoms with Crippen LogP contribution >= 0.6 is 11.8 Å². The highest BCUT2D eigenvalue weighted by molar-refractivity contribution is 7.99. The summed E-state index contributed by atoms with van der Waals surface area (Å²) in [5.41, 5.74) is 3.85. The molecule has 0 N–H and O–H groups in total. The lowest BCUT2D eigenvalue weighted by Gasteiger charge is -2.12. The van der Waals surface area contributed by atoms with Crippen LogP contribution < -0.4 is 4.74 Å². The Hall–Kier alpha value is -3.13. The molecule has 0 saturated heterocycles. The summed E-state index contributed by atoms with van der Waals surface area (Å²) in [5.74, 6) is 0.795. The average molecular weight is 392 g/mol. The third-order valence-corrected chi connectivity index (χ3v) is 5.59. The van der Waals surface area contributed by atoms with Gasteiger partial charge in [0.05, 0.1) is 19.0 Å². The van der Waals surface area contributed by atoms with Crippen molar-refractivity contribution in [1.29, 1.82) is 0 Å². The number of thioether (sulfide) groups is 1. The van der Waals surface area contributed by atoms with Crippen molar-refractivity contribution in [3.8, 4) is 22.7 Å². The number of hydrogen-bond acceptors (Lipinski definition) is 6. The van der Waals surface area contributed by atoms with Crippen LogP contribution in [0.25, 0.3) is 16.9 Å². The van der Waals surface area contributed by atoms with Crippen molar-refractivity contribution in [2.45, 2.75) is 17.3 Å². The summed E-state index contributed by atoms with van der Waals surface area (Å²) in [6.45, 7) is 2.15. The van der Waals surface area contributed by atoms with Crippen molar-refractivity contribution >= 4 is 11.8 Å². The van der Waals surface area contributed by atoms with E-state index in [2.05, 4.69) is 39.5 Å². The Morgan fingerprint density at radius 3 is 2.75 bits per heavy atom. The summed E-state index contributed by atoms with van der Waals surface area (Å²) >= 11 is 1.67. The fourth-order valence-corrected chi connectivity index (χ4v) is 3.72. The van der Waals surface area contributed by atoms with Gasteiger partial charge in [-0.1, -0.05) is 36.0 Å². The van der Waals surface area contributed by atoms with Crippen LogP contribution in [0, 0.1) is 0 Å². The van der Waals surface area contributed by atoms with Gasteiger partial charge in [-0.2, -0.15) is 9.90 Å². The Bertz CT molecular complexity index is 1090. The van der Waals surface area contributed by atoms with Crippen LogP contribution in [-0.2, 0) is 7.05 Å². The first kappa shape index (κ1) is 18.2. The maximum atomic E-state index is 5.29. The van der Waals surface area contributed by atoms with Crippen molar-refractivity contribution in [2.24, 2.45) is 7.05 Å². The van der Waals surface area contributed by atoms with Crippen LogP contribution in [0.15, 0.2) is 66.2 Å². The largest absolute Gasteiger partial charge is 0.497 e. The van der Waals surface area contributed by atoms with E-state index in [1.165, 1.54) is 5.56 Å². The van der Waals surface area contributed by atoms with E-state index in [1.54, 1.807) is 36.2 Å². The van der Waals surface area contributed by atoms with Crippen molar-refractivity contribution in [1.82, 2.24) is 29.8 Å². The SMILES string of the molecule is COc1cccc(-c2cnn(-c3cccc([C@H](C)Sc4nncn4C)c3)n2)c1. The fourth-order valence-electron chi connectivity index (χ4n) is 2.81. The number of ether oxygens (including phenoxy) is 1. The maximum Gasteiger partial charge on any atom is 0.191 e. The third kappa shape index (κ3) is 3.77. The van der Waals surface area contributed by atoms with Crippen molar-refractivity contribution < 1.29 is 4.74 Å². The number of hydrogen-bond donors (Lipinski definition) is 0. The number of aryl methyl sites for hydroxylation is 1. The zero-order valence-corrected chi connectivity index (χ0v) is 16.7. The predicted molar refractivity (Wildman–Crippen MR) is 109 cm³/mol. The van der Waals surface area contributed by atoms with Crippen molar-refractivity contribution in [3.63, 3.8) is 0 Å². The highest BCUT2D eigenvalue weighted by atomic mass is 32.2. The minimum Gasteiger partial charge on any atom is -0.497 e. The molecule has 4 aromatic rings. The van der Waals surface area contributed by atoms with E-state index >= 15 is 0 Å². The summed E-state index contributed by atoms with van der Waals surface area (Å²) < 4.78 is 7.21. The van der Waals surface area contributed by atoms with E-state index < -0.39 is 0 Å². The highest BCUT2D eigenvalue weighted by Gasteiger charge is 2.13. The second kappa shape index (κ2) is 7.85. The van der Waals surface area contributed by atoms with Gasteiger partial charge >= 0.3 is 0 Å². The summed E-state index contributed by atoms with van der Waals surface area (Å²) in [6.07, 6.45) is 3.47. The van der Waals surface area contributed by atoms with Gasteiger partial charge in [-0.25, -0.2) is 0 Å². The molecule has 2 aromatic heterocycles. The quantitative estimate of drug-likeness (QED) is 0.463. The molecule has 0 fully saturated rings. The van der Waals surface area contributed by atoms with Gasteiger partial charge in [-0.3, -0.25) is 0 Å². The number of rotatable bonds is 6. The zero-order valence-electron chi connectivity index (χ0n) is 15.9. The van der Waals surface area contributed by atoms with Gasteiger partial charge in [0.2, 0.25) is 0 Å². The van der Waals surface area contributed by atoms with E-state index in [-0.39, 0.29) is 5.25 Å². The monoisotopic (exact) mass is 392 g/mol. The molecular weight excluding hydrogens is 372 g/mol. The molecule has 0 aliphatic carbocycles. The normalized spacial score (nSPS) is 12.1. The summed E-state index contributed by atoms with van der Waals surface area (Å²) in [6, 6.07) is 16.0. The Labute approximate surface area is 167 Å². The summed E-state index contributed by atoms with van der Waals surface area (Å²) in [7, 11) is 3.60. The number of benzene rings is 2. The first-order valence-electron chi connectivity index (χ1n) is 8.82. The maximum absolute atomic E-state index is 5.29. The fraction of sp³-hybridized carbons (Fsp3) is 0.200. The van der Waals surface area contributed by atoms with Crippen LogP contribution in [0.1, 0.15) is 17.7 Å². The molecule has 0 saturated carbocycles. The average Bonchev–Trinajstić information content (AvgIpc) is 3.38. The minimum atomic E-state index is 0.219. The smallest absolute Gasteiger partial charge is 0.191 e. The molecule has 2 heterocycles. The molecule has 2 aromatic carbocycles. The molecule has 0 aliphatic rings. The van der Waals surface area contributed by atoms with Gasteiger partial charge in [-0.05, 0) is 36.8 Å². The number of nitrogens with zero attached hydrogens (tertiary/aromatic N) is 6. The predicted octanol–water partition coefficient (Wildman–Crippen LogP) is 3.92. The number of aromatic nitrogens is 6. The van der Waals surface area contributed by atoms with Gasteiger partial charge in [0.15, 0.2) is 5.16 Å². The lowest BCUT2D eigenvalue weighted by atomic mass is 10.1. The molecular formula is C20H20N6OS. The second-order valence-electron chi connectivity index (χ2n) is 6.33. The first-order chi connectivity index (χ1) is 13.6. The number of methoxy groups -OCH3 is 1. The standard InChI is InChI=1S/C20H20N6OS/c1-14(28-20-23-21-13-25(20)2)15-6-4-8-17(10-15)26-22-12-19(24-26)16-7-5-9-18(11-16)27-3/h4-14H,1-3H3/t14-/m0/s1. The molecule has 4 rings (SSSR count). The van der Waals surface area contributed by atoms with Crippen LogP contribution in [0.4, 0.5) is 0 Å². The molecule has 0 aliphatic heterocycles. The zero-order chi connectivity index (χ0) is 19.5. The van der Waals surface area contributed by atoms with Crippen molar-refractivity contribution in [3.05, 3.63) is 66.6 Å². The van der Waals surface area contributed by atoms with E-state index in [9.17, 15) is 0 Å². The molecule has 0 unspecified atom stereocenters. The van der Waals surface area contributed by atoms with E-state index in [1.807, 2.05) is 48.0 Å². The second-order valence-corrected chi connectivity index (χ2v) is 7.64. The summed E-state index contributed by atoms with van der Waals surface area (Å²) in [4.78, 5) is 1.65. The van der Waals surface area contributed by atoms with Crippen LogP contribution in [0.3, 0.4) is 0 Å². The van der Waals surface area contributed by atoms with E-state index in [0.717, 1.165) is 27.9 Å². The Morgan fingerprint density at radius 2 is 1.96 bits per heavy atom. The van der Waals surface area contributed by atoms with Gasteiger partial charge in [0, 0.05) is 17.9 Å². The van der Waals surface area contributed by atoms with Gasteiger partial charge in [0.25, 0.3) is 0 Å². The lowest BCUT2D eigenvalue weighted by Crippen LogP contribution is -2.01. The Morgan fingerprint density at radius 1 is 1.11 bits per heavy atom. The van der Waals surface area contributed by atoms with Crippen LogP contribution in [-0.4, -0.2) is 36.9 Å². The molecule has 0 radical (unpaired) electrons. The third-order valence-electron chi connectivity index (χ3n) is 4.38. The van der Waals surface area contributed by atoms with Gasteiger partial charge < -0.3 is 9.30 Å². The van der Waals surface area contributed by atoms with Crippen LogP contribution in [0.2, 0.25) is 0 Å². The van der Waals surface area contributed by atoms with Gasteiger partial charge in [-0.15, -0.1) is 15.3 Å². The Balaban J connectivity index is 1.58. The summed E-state index contributed by atoms with van der Waals surface area (Å²) in [5, 5.41) is 18.3. The molecule has 1 atom stereocenters. The first-order valence-corrected chi connectivity index (χ1v) is 9.70. The topological polar surface area (TPSA) is 70.7 Å². The van der Waals surface area contributed by atoms with Gasteiger partial charge in [0.1, 0.15) is 17.8 Å². The molecule has 28 heavy (non-hydrogen) atoms.